The summed E-state index contributed by atoms with van der Waals surface area (Å²) in [5.41, 5.74) is 0.559. The highest BCUT2D eigenvalue weighted by Crippen LogP contribution is 2.24. The van der Waals surface area contributed by atoms with Gasteiger partial charge in [0.05, 0.1) is 17.9 Å². The number of amides is 1. The Morgan fingerprint density at radius 1 is 1.32 bits per heavy atom. The summed E-state index contributed by atoms with van der Waals surface area (Å²) in [6.45, 7) is 0. The van der Waals surface area contributed by atoms with Crippen LogP contribution < -0.4 is 5.32 Å². The summed E-state index contributed by atoms with van der Waals surface area (Å²) >= 11 is 12.0. The average molecular weight is 322 g/mol. The second kappa shape index (κ2) is 5.69. The van der Waals surface area contributed by atoms with Gasteiger partial charge in [0.1, 0.15) is 0 Å². The molecule has 19 heavy (non-hydrogen) atoms. The lowest BCUT2D eigenvalue weighted by molar-refractivity contribution is -0.120. The van der Waals surface area contributed by atoms with E-state index >= 15 is 0 Å². The van der Waals surface area contributed by atoms with Crippen LogP contribution in [0.1, 0.15) is 12.0 Å². The van der Waals surface area contributed by atoms with E-state index in [9.17, 15) is 13.2 Å². The predicted molar refractivity (Wildman–Crippen MR) is 75.4 cm³/mol. The molecule has 1 N–H and O–H groups in total. The third kappa shape index (κ3) is 3.84. The van der Waals surface area contributed by atoms with Crippen LogP contribution in [0.2, 0.25) is 10.0 Å². The van der Waals surface area contributed by atoms with Gasteiger partial charge in [0.25, 0.3) is 0 Å². The Balaban J connectivity index is 1.99. The summed E-state index contributed by atoms with van der Waals surface area (Å²) < 4.78 is 22.6. The van der Waals surface area contributed by atoms with E-state index in [0.717, 1.165) is 0 Å². The van der Waals surface area contributed by atoms with Crippen LogP contribution in [0.25, 0.3) is 0 Å². The van der Waals surface area contributed by atoms with E-state index in [0.29, 0.717) is 22.0 Å². The average Bonchev–Trinajstić information content (AvgIpc) is 2.63. The fourth-order valence-corrected chi connectivity index (χ4v) is 4.25. The number of carbonyl (C=O) groups excluding carboxylic acids is 1. The Morgan fingerprint density at radius 3 is 2.47 bits per heavy atom. The zero-order valence-corrected chi connectivity index (χ0v) is 12.4. The lowest BCUT2D eigenvalue weighted by atomic mass is 10.1. The molecular formula is C12H13Cl2NO3S. The van der Waals surface area contributed by atoms with Gasteiger partial charge < -0.3 is 5.32 Å². The minimum Gasteiger partial charge on any atom is -0.352 e. The van der Waals surface area contributed by atoms with Crippen LogP contribution in [0.3, 0.4) is 0 Å². The molecule has 0 saturated carbocycles. The highest BCUT2D eigenvalue weighted by atomic mass is 35.5. The van der Waals surface area contributed by atoms with Crippen LogP contribution >= 0.6 is 23.2 Å². The van der Waals surface area contributed by atoms with Crippen molar-refractivity contribution in [3.05, 3.63) is 33.8 Å². The van der Waals surface area contributed by atoms with Crippen molar-refractivity contribution in [2.45, 2.75) is 18.9 Å². The highest BCUT2D eigenvalue weighted by molar-refractivity contribution is 7.91. The SMILES string of the molecule is O=C(Cc1c(Cl)cccc1Cl)N[C@@H]1CCS(=O)(=O)C1. The number of hydrogen-bond acceptors (Lipinski definition) is 3. The van der Waals surface area contributed by atoms with Crippen molar-refractivity contribution in [3.63, 3.8) is 0 Å². The third-order valence-corrected chi connectivity index (χ3v) is 5.47. The van der Waals surface area contributed by atoms with E-state index in [1.165, 1.54) is 0 Å². The van der Waals surface area contributed by atoms with E-state index in [4.69, 9.17) is 23.2 Å². The van der Waals surface area contributed by atoms with Gasteiger partial charge in [-0.25, -0.2) is 8.42 Å². The molecule has 1 aliphatic rings. The van der Waals surface area contributed by atoms with Crippen molar-refractivity contribution in [2.24, 2.45) is 0 Å². The van der Waals surface area contributed by atoms with Crippen molar-refractivity contribution in [1.29, 1.82) is 0 Å². The fraction of sp³-hybridized carbons (Fsp3) is 0.417. The van der Waals surface area contributed by atoms with Crippen molar-refractivity contribution >= 4 is 38.9 Å². The zero-order valence-electron chi connectivity index (χ0n) is 10.0. The van der Waals surface area contributed by atoms with Crippen LogP contribution in [0.4, 0.5) is 0 Å². The first-order chi connectivity index (χ1) is 8.87. The van der Waals surface area contributed by atoms with Crippen molar-refractivity contribution in [2.75, 3.05) is 11.5 Å². The van der Waals surface area contributed by atoms with Crippen molar-refractivity contribution in [1.82, 2.24) is 5.32 Å². The molecule has 0 aliphatic carbocycles. The van der Waals surface area contributed by atoms with Gasteiger partial charge in [-0.2, -0.15) is 0 Å². The van der Waals surface area contributed by atoms with Gasteiger partial charge >= 0.3 is 0 Å². The molecule has 4 nitrogen and oxygen atoms in total. The third-order valence-electron chi connectivity index (χ3n) is 3.00. The Bertz CT molecular complexity index is 581. The number of rotatable bonds is 3. The molecule has 1 aliphatic heterocycles. The van der Waals surface area contributed by atoms with E-state index in [1.54, 1.807) is 18.2 Å². The molecule has 104 valence electrons. The Kier molecular flexibility index (Phi) is 4.38. The van der Waals surface area contributed by atoms with Gasteiger partial charge in [-0.1, -0.05) is 29.3 Å². The number of halogens is 2. The Hall–Kier alpha value is -0.780. The highest BCUT2D eigenvalue weighted by Gasteiger charge is 2.29. The standard InChI is InChI=1S/C12H13Cl2NO3S/c13-10-2-1-3-11(14)9(10)6-12(16)15-8-4-5-19(17,18)7-8/h1-3,8H,4-7H2,(H,15,16)/t8-/m1/s1. The van der Waals surface area contributed by atoms with Gasteiger partial charge in [0, 0.05) is 16.1 Å². The normalized spacial score (nSPS) is 21.3. The topological polar surface area (TPSA) is 63.2 Å². The zero-order chi connectivity index (χ0) is 14.0. The Morgan fingerprint density at radius 2 is 1.95 bits per heavy atom. The second-order valence-corrected chi connectivity index (χ2v) is 7.59. The molecule has 1 amide bonds. The van der Waals surface area contributed by atoms with Gasteiger partial charge in [0.15, 0.2) is 9.84 Å². The van der Waals surface area contributed by atoms with Crippen LogP contribution in [0, 0.1) is 0 Å². The number of nitrogens with one attached hydrogen (secondary N) is 1. The number of benzene rings is 1. The number of carbonyl (C=O) groups is 1. The molecule has 1 fully saturated rings. The lowest BCUT2D eigenvalue weighted by Gasteiger charge is -2.12. The maximum atomic E-state index is 11.9. The molecule has 0 unspecified atom stereocenters. The van der Waals surface area contributed by atoms with E-state index in [-0.39, 0.29) is 29.9 Å². The van der Waals surface area contributed by atoms with Crippen LogP contribution in [-0.4, -0.2) is 31.9 Å². The summed E-state index contributed by atoms with van der Waals surface area (Å²) in [7, 11) is -3.00. The summed E-state index contributed by atoms with van der Waals surface area (Å²) in [6.07, 6.45) is 0.513. The van der Waals surface area contributed by atoms with E-state index in [1.807, 2.05) is 0 Å². The predicted octanol–water partition coefficient (Wildman–Crippen LogP) is 1.84. The minimum absolute atomic E-state index is 0.00892. The smallest absolute Gasteiger partial charge is 0.224 e. The van der Waals surface area contributed by atoms with Crippen molar-refractivity contribution in [3.8, 4) is 0 Å². The van der Waals surface area contributed by atoms with Crippen LogP contribution in [0.5, 0.6) is 0 Å². The van der Waals surface area contributed by atoms with Gasteiger partial charge in [-0.05, 0) is 24.1 Å². The summed E-state index contributed by atoms with van der Waals surface area (Å²) in [5, 5.41) is 3.57. The molecular weight excluding hydrogens is 309 g/mol. The van der Waals surface area contributed by atoms with Gasteiger partial charge in [0.2, 0.25) is 5.91 Å². The summed E-state index contributed by atoms with van der Waals surface area (Å²) in [6, 6.07) is 4.72. The first-order valence-electron chi connectivity index (χ1n) is 5.80. The summed E-state index contributed by atoms with van der Waals surface area (Å²) in [4.78, 5) is 11.9. The molecule has 0 aromatic heterocycles. The first kappa shape index (κ1) is 14.6. The maximum Gasteiger partial charge on any atom is 0.224 e. The van der Waals surface area contributed by atoms with E-state index < -0.39 is 9.84 Å². The van der Waals surface area contributed by atoms with Gasteiger partial charge in [-0.3, -0.25) is 4.79 Å². The maximum absolute atomic E-state index is 11.9. The molecule has 0 radical (unpaired) electrons. The monoisotopic (exact) mass is 321 g/mol. The molecule has 1 saturated heterocycles. The quantitative estimate of drug-likeness (QED) is 0.923. The van der Waals surface area contributed by atoms with Crippen molar-refractivity contribution < 1.29 is 13.2 Å². The molecule has 2 rings (SSSR count). The number of sulfone groups is 1. The van der Waals surface area contributed by atoms with E-state index in [2.05, 4.69) is 5.32 Å². The minimum atomic E-state index is -3.00. The van der Waals surface area contributed by atoms with Gasteiger partial charge in [-0.15, -0.1) is 0 Å². The molecule has 1 aromatic carbocycles. The lowest BCUT2D eigenvalue weighted by Crippen LogP contribution is -2.36. The molecule has 0 spiro atoms. The van der Waals surface area contributed by atoms with Crippen LogP contribution in [0.15, 0.2) is 18.2 Å². The number of hydrogen-bond donors (Lipinski definition) is 1. The largest absolute Gasteiger partial charge is 0.352 e. The fourth-order valence-electron chi connectivity index (χ4n) is 2.05. The first-order valence-corrected chi connectivity index (χ1v) is 8.38. The molecule has 7 heteroatoms. The Labute approximate surface area is 122 Å². The van der Waals surface area contributed by atoms with Crippen LogP contribution in [-0.2, 0) is 21.1 Å². The molecule has 0 bridgehead atoms. The molecule has 1 heterocycles. The second-order valence-electron chi connectivity index (χ2n) is 4.54. The molecule has 1 aromatic rings. The molecule has 1 atom stereocenters. The summed E-state index contributed by atoms with van der Waals surface area (Å²) in [5.74, 6) is -0.128.